The number of hydrogen-bond donors (Lipinski definition) is 2. The lowest BCUT2D eigenvalue weighted by molar-refractivity contribution is -0.117. The van der Waals surface area contributed by atoms with Crippen molar-refractivity contribution in [1.82, 2.24) is 10.6 Å². The zero-order valence-electron chi connectivity index (χ0n) is 16.1. The zero-order valence-corrected chi connectivity index (χ0v) is 16.1. The van der Waals surface area contributed by atoms with Crippen LogP contribution in [0.25, 0.3) is 0 Å². The number of benzene rings is 1. The Labute approximate surface area is 156 Å². The first-order chi connectivity index (χ1) is 12.5. The summed E-state index contributed by atoms with van der Waals surface area (Å²) < 4.78 is 5.78. The molecule has 0 spiro atoms. The molecule has 6 nitrogen and oxygen atoms in total. The molecule has 26 heavy (non-hydrogen) atoms. The molecule has 0 saturated carbocycles. The minimum atomic E-state index is -0.136. The third kappa shape index (κ3) is 6.02. The van der Waals surface area contributed by atoms with Gasteiger partial charge in [0.25, 0.3) is 5.91 Å². The van der Waals surface area contributed by atoms with E-state index in [1.165, 1.54) is 0 Å². The predicted molar refractivity (Wildman–Crippen MR) is 104 cm³/mol. The van der Waals surface area contributed by atoms with E-state index in [-0.39, 0.29) is 17.9 Å². The molecule has 0 aromatic heterocycles. The lowest BCUT2D eigenvalue weighted by atomic mass is 10.1. The van der Waals surface area contributed by atoms with Crippen molar-refractivity contribution in [3.8, 4) is 5.75 Å². The maximum absolute atomic E-state index is 12.5. The minimum Gasteiger partial charge on any atom is -0.491 e. The maximum Gasteiger partial charge on any atom is 0.251 e. The Kier molecular flexibility index (Phi) is 7.91. The quantitative estimate of drug-likeness (QED) is 0.629. The highest BCUT2D eigenvalue weighted by Gasteiger charge is 2.23. The Morgan fingerprint density at radius 1 is 1.23 bits per heavy atom. The maximum atomic E-state index is 12.5. The second-order valence-corrected chi connectivity index (χ2v) is 6.89. The van der Waals surface area contributed by atoms with Crippen molar-refractivity contribution in [3.05, 3.63) is 23.8 Å². The van der Waals surface area contributed by atoms with Gasteiger partial charge in [-0.15, -0.1) is 0 Å². The van der Waals surface area contributed by atoms with E-state index < -0.39 is 0 Å². The Balaban J connectivity index is 2.05. The molecule has 2 amide bonds. The number of rotatable bonds is 10. The van der Waals surface area contributed by atoms with Crippen LogP contribution < -0.4 is 20.3 Å². The molecule has 1 aliphatic heterocycles. The normalized spacial score (nSPS) is 14.2. The van der Waals surface area contributed by atoms with Gasteiger partial charge in [0.05, 0.1) is 6.10 Å². The number of nitrogens with zero attached hydrogens (tertiary/aromatic N) is 1. The zero-order chi connectivity index (χ0) is 18.9. The van der Waals surface area contributed by atoms with Gasteiger partial charge in [-0.2, -0.15) is 0 Å². The molecule has 6 heteroatoms. The lowest BCUT2D eigenvalue weighted by Gasteiger charge is -2.19. The summed E-state index contributed by atoms with van der Waals surface area (Å²) in [7, 11) is 0. The lowest BCUT2D eigenvalue weighted by Crippen LogP contribution is -2.28. The van der Waals surface area contributed by atoms with Gasteiger partial charge in [-0.25, -0.2) is 0 Å². The van der Waals surface area contributed by atoms with Crippen LogP contribution in [0.3, 0.4) is 0 Å². The summed E-state index contributed by atoms with van der Waals surface area (Å²) in [6.07, 6.45) is 3.39. The molecule has 0 unspecified atom stereocenters. The topological polar surface area (TPSA) is 70.7 Å². The van der Waals surface area contributed by atoms with E-state index in [4.69, 9.17) is 4.74 Å². The minimum absolute atomic E-state index is 0.0000749. The first-order valence-electron chi connectivity index (χ1n) is 9.62. The van der Waals surface area contributed by atoms with Gasteiger partial charge in [0, 0.05) is 36.8 Å². The fourth-order valence-electron chi connectivity index (χ4n) is 2.95. The van der Waals surface area contributed by atoms with Crippen molar-refractivity contribution in [2.45, 2.75) is 52.6 Å². The third-order valence-corrected chi connectivity index (χ3v) is 4.15. The Bertz CT molecular complexity index is 616. The second-order valence-electron chi connectivity index (χ2n) is 6.89. The van der Waals surface area contributed by atoms with Crippen LogP contribution in [0.4, 0.5) is 5.69 Å². The smallest absolute Gasteiger partial charge is 0.251 e. The van der Waals surface area contributed by atoms with Crippen LogP contribution in [0.1, 0.15) is 56.8 Å². The Hall–Kier alpha value is -2.08. The summed E-state index contributed by atoms with van der Waals surface area (Å²) in [6, 6.07) is 5.37. The van der Waals surface area contributed by atoms with E-state index in [1.807, 2.05) is 19.9 Å². The highest BCUT2D eigenvalue weighted by Crippen LogP contribution is 2.28. The Morgan fingerprint density at radius 3 is 2.69 bits per heavy atom. The van der Waals surface area contributed by atoms with Gasteiger partial charge in [-0.1, -0.05) is 6.92 Å². The first kappa shape index (κ1) is 20.2. The molecule has 1 heterocycles. The van der Waals surface area contributed by atoms with E-state index in [9.17, 15) is 9.59 Å². The largest absolute Gasteiger partial charge is 0.491 e. The summed E-state index contributed by atoms with van der Waals surface area (Å²) in [6.45, 7) is 9.20. The van der Waals surface area contributed by atoms with Crippen LogP contribution in [0, 0.1) is 0 Å². The molecular weight excluding hydrogens is 330 g/mol. The van der Waals surface area contributed by atoms with E-state index in [1.54, 1.807) is 17.0 Å². The molecule has 1 aromatic rings. The van der Waals surface area contributed by atoms with Crippen LogP contribution in [0.15, 0.2) is 18.2 Å². The number of carbonyl (C=O) groups excluding carboxylic acids is 2. The second kappa shape index (κ2) is 10.2. The number of amides is 2. The monoisotopic (exact) mass is 361 g/mol. The van der Waals surface area contributed by atoms with Crippen molar-refractivity contribution < 1.29 is 14.3 Å². The van der Waals surface area contributed by atoms with Crippen molar-refractivity contribution in [2.75, 3.05) is 31.1 Å². The summed E-state index contributed by atoms with van der Waals surface area (Å²) in [5.74, 6) is 0.578. The molecule has 0 radical (unpaired) electrons. The molecule has 0 atom stereocenters. The van der Waals surface area contributed by atoms with Gasteiger partial charge < -0.3 is 20.3 Å². The van der Waals surface area contributed by atoms with Gasteiger partial charge in [0.1, 0.15) is 5.75 Å². The van der Waals surface area contributed by atoms with Crippen molar-refractivity contribution >= 4 is 17.5 Å². The van der Waals surface area contributed by atoms with Crippen LogP contribution in [-0.4, -0.2) is 44.1 Å². The van der Waals surface area contributed by atoms with E-state index in [0.29, 0.717) is 30.8 Å². The summed E-state index contributed by atoms with van der Waals surface area (Å²) in [5.41, 5.74) is 1.26. The fourth-order valence-corrected chi connectivity index (χ4v) is 2.95. The van der Waals surface area contributed by atoms with Crippen LogP contribution >= 0.6 is 0 Å². The third-order valence-electron chi connectivity index (χ3n) is 4.15. The van der Waals surface area contributed by atoms with E-state index in [0.717, 1.165) is 38.0 Å². The number of ether oxygens (including phenoxy) is 1. The SMILES string of the molecule is CCCNCCCNC(=O)c1cc(OC(C)C)cc(N2CCCC2=O)c1. The van der Waals surface area contributed by atoms with Crippen molar-refractivity contribution in [3.63, 3.8) is 0 Å². The van der Waals surface area contributed by atoms with Gasteiger partial charge in [-0.05, 0) is 58.3 Å². The van der Waals surface area contributed by atoms with E-state index >= 15 is 0 Å². The molecular formula is C20H31N3O3. The molecule has 1 fully saturated rings. The summed E-state index contributed by atoms with van der Waals surface area (Å²) in [5, 5.41) is 6.26. The predicted octanol–water partition coefficient (Wildman–Crippen LogP) is 2.72. The van der Waals surface area contributed by atoms with Crippen molar-refractivity contribution in [1.29, 1.82) is 0 Å². The number of anilines is 1. The summed E-state index contributed by atoms with van der Waals surface area (Å²) in [4.78, 5) is 26.3. The number of carbonyl (C=O) groups is 2. The molecule has 144 valence electrons. The van der Waals surface area contributed by atoms with Crippen molar-refractivity contribution in [2.24, 2.45) is 0 Å². The average Bonchev–Trinajstić information content (AvgIpc) is 3.03. The molecule has 2 rings (SSSR count). The molecule has 2 N–H and O–H groups in total. The highest BCUT2D eigenvalue weighted by molar-refractivity contribution is 5.99. The number of hydrogen-bond acceptors (Lipinski definition) is 4. The molecule has 1 saturated heterocycles. The van der Waals surface area contributed by atoms with Gasteiger partial charge in [-0.3, -0.25) is 9.59 Å². The van der Waals surface area contributed by atoms with Gasteiger partial charge in [0.15, 0.2) is 0 Å². The average molecular weight is 361 g/mol. The number of nitrogens with one attached hydrogen (secondary N) is 2. The molecule has 0 aliphatic carbocycles. The molecule has 1 aliphatic rings. The molecule has 0 bridgehead atoms. The van der Waals surface area contributed by atoms with Gasteiger partial charge >= 0.3 is 0 Å². The Morgan fingerprint density at radius 2 is 2.04 bits per heavy atom. The highest BCUT2D eigenvalue weighted by atomic mass is 16.5. The first-order valence-corrected chi connectivity index (χ1v) is 9.62. The van der Waals surface area contributed by atoms with Crippen LogP contribution in [0.5, 0.6) is 5.75 Å². The standard InChI is InChI=1S/C20H31N3O3/c1-4-8-21-9-6-10-22-20(25)16-12-17(23-11-5-7-19(23)24)14-18(13-16)26-15(2)3/h12-15,21H,4-11H2,1-3H3,(H,22,25). The van der Waals surface area contributed by atoms with Crippen LogP contribution in [0.2, 0.25) is 0 Å². The van der Waals surface area contributed by atoms with E-state index in [2.05, 4.69) is 17.6 Å². The summed E-state index contributed by atoms with van der Waals surface area (Å²) >= 11 is 0. The fraction of sp³-hybridized carbons (Fsp3) is 0.600. The van der Waals surface area contributed by atoms with Gasteiger partial charge in [0.2, 0.25) is 5.91 Å². The van der Waals surface area contributed by atoms with Crippen LogP contribution in [-0.2, 0) is 4.79 Å². The molecule has 1 aromatic carbocycles.